The lowest BCUT2D eigenvalue weighted by Crippen LogP contribution is -2.22. The second-order valence-corrected chi connectivity index (χ2v) is 6.94. The van der Waals surface area contributed by atoms with Gasteiger partial charge in [-0.15, -0.1) is 0 Å². The molecule has 4 nitrogen and oxygen atoms in total. The molecule has 2 aromatic heterocycles. The summed E-state index contributed by atoms with van der Waals surface area (Å²) in [4.78, 5) is 10.4. The van der Waals surface area contributed by atoms with Crippen molar-refractivity contribution in [1.82, 2.24) is 14.9 Å². The van der Waals surface area contributed by atoms with Gasteiger partial charge in [-0.2, -0.15) is 0 Å². The maximum absolute atomic E-state index is 5.26. The maximum Gasteiger partial charge on any atom is 0.137 e. The van der Waals surface area contributed by atoms with E-state index in [0.717, 1.165) is 17.9 Å². The SMILES string of the molecule is COc1ccc([C@@H](C)N(C)Cc2c(C(C)C)[nH]c3ncccc23)cc1. The fourth-order valence-electron chi connectivity index (χ4n) is 3.28. The Kier molecular flexibility index (Phi) is 5.09. The Morgan fingerprint density at radius 3 is 2.48 bits per heavy atom. The lowest BCUT2D eigenvalue weighted by molar-refractivity contribution is 0.253. The van der Waals surface area contributed by atoms with Gasteiger partial charge in [0, 0.05) is 29.9 Å². The minimum Gasteiger partial charge on any atom is -0.497 e. The van der Waals surface area contributed by atoms with Crippen molar-refractivity contribution < 1.29 is 4.74 Å². The van der Waals surface area contributed by atoms with Crippen LogP contribution in [0.3, 0.4) is 0 Å². The van der Waals surface area contributed by atoms with Gasteiger partial charge in [-0.05, 0) is 55.3 Å². The standard InChI is InChI=1S/C21H27N3O/c1-14(2)20-19(18-7-6-12-22-21(18)23-20)13-24(4)15(3)16-8-10-17(25-5)11-9-16/h6-12,14-15H,13H2,1-5H3,(H,22,23)/t15-/m1/s1. The summed E-state index contributed by atoms with van der Waals surface area (Å²) in [5.41, 5.74) is 4.89. The Morgan fingerprint density at radius 2 is 1.84 bits per heavy atom. The molecular formula is C21H27N3O. The number of nitrogens with one attached hydrogen (secondary N) is 1. The molecule has 4 heteroatoms. The van der Waals surface area contributed by atoms with Crippen LogP contribution in [0.15, 0.2) is 42.6 Å². The van der Waals surface area contributed by atoms with Gasteiger partial charge in [-0.1, -0.05) is 26.0 Å². The number of H-pyrrole nitrogens is 1. The Balaban J connectivity index is 1.87. The van der Waals surface area contributed by atoms with E-state index in [1.54, 1.807) is 7.11 Å². The largest absolute Gasteiger partial charge is 0.497 e. The van der Waals surface area contributed by atoms with Crippen molar-refractivity contribution in [3.63, 3.8) is 0 Å². The molecule has 132 valence electrons. The maximum atomic E-state index is 5.26. The quantitative estimate of drug-likeness (QED) is 0.696. The predicted octanol–water partition coefficient (Wildman–Crippen LogP) is 4.89. The highest BCUT2D eigenvalue weighted by Gasteiger charge is 2.19. The van der Waals surface area contributed by atoms with Crippen LogP contribution in [0.2, 0.25) is 0 Å². The normalized spacial score (nSPS) is 12.9. The molecule has 0 radical (unpaired) electrons. The van der Waals surface area contributed by atoms with Crippen LogP contribution in [-0.2, 0) is 6.54 Å². The van der Waals surface area contributed by atoms with Crippen LogP contribution >= 0.6 is 0 Å². The molecule has 0 bridgehead atoms. The average Bonchev–Trinajstić information content (AvgIpc) is 3.00. The van der Waals surface area contributed by atoms with Crippen LogP contribution in [0.1, 0.15) is 49.6 Å². The van der Waals surface area contributed by atoms with Gasteiger partial charge in [-0.3, -0.25) is 4.90 Å². The molecule has 0 aliphatic carbocycles. The molecule has 0 aliphatic rings. The third-order valence-electron chi connectivity index (χ3n) is 4.96. The van der Waals surface area contributed by atoms with Crippen LogP contribution in [-0.4, -0.2) is 29.0 Å². The summed E-state index contributed by atoms with van der Waals surface area (Å²) in [6, 6.07) is 12.8. The van der Waals surface area contributed by atoms with Crippen LogP contribution in [0.25, 0.3) is 11.0 Å². The van der Waals surface area contributed by atoms with E-state index in [9.17, 15) is 0 Å². The average molecular weight is 337 g/mol. The summed E-state index contributed by atoms with van der Waals surface area (Å²) in [6.07, 6.45) is 1.84. The van der Waals surface area contributed by atoms with Gasteiger partial charge in [0.1, 0.15) is 11.4 Å². The summed E-state index contributed by atoms with van der Waals surface area (Å²) < 4.78 is 5.26. The molecule has 3 aromatic rings. The molecule has 1 aromatic carbocycles. The minimum absolute atomic E-state index is 0.313. The zero-order valence-corrected chi connectivity index (χ0v) is 15.7. The van der Waals surface area contributed by atoms with Gasteiger partial charge in [-0.25, -0.2) is 4.98 Å². The molecule has 3 rings (SSSR count). The summed E-state index contributed by atoms with van der Waals surface area (Å²) in [5.74, 6) is 1.33. The molecule has 0 amide bonds. The molecule has 0 unspecified atom stereocenters. The fraction of sp³-hybridized carbons (Fsp3) is 0.381. The third kappa shape index (κ3) is 3.54. The second-order valence-electron chi connectivity index (χ2n) is 6.94. The van der Waals surface area contributed by atoms with Crippen molar-refractivity contribution in [2.24, 2.45) is 0 Å². The van der Waals surface area contributed by atoms with Crippen LogP contribution < -0.4 is 4.74 Å². The van der Waals surface area contributed by atoms with E-state index in [-0.39, 0.29) is 0 Å². The number of methoxy groups -OCH3 is 1. The number of fused-ring (bicyclic) bond motifs is 1. The third-order valence-corrected chi connectivity index (χ3v) is 4.96. The summed E-state index contributed by atoms with van der Waals surface area (Å²) in [7, 11) is 3.87. The minimum atomic E-state index is 0.313. The zero-order valence-electron chi connectivity index (χ0n) is 15.7. The van der Waals surface area contributed by atoms with Gasteiger partial charge in [0.05, 0.1) is 7.11 Å². The fourth-order valence-corrected chi connectivity index (χ4v) is 3.28. The van der Waals surface area contributed by atoms with Gasteiger partial charge >= 0.3 is 0 Å². The number of hydrogen-bond donors (Lipinski definition) is 1. The molecule has 0 fully saturated rings. The first-order valence-electron chi connectivity index (χ1n) is 8.81. The Hall–Kier alpha value is -2.33. The lowest BCUT2D eigenvalue weighted by Gasteiger charge is -2.26. The number of pyridine rings is 1. The summed E-state index contributed by atoms with van der Waals surface area (Å²) >= 11 is 0. The van der Waals surface area contributed by atoms with Crippen molar-refractivity contribution in [3.05, 3.63) is 59.4 Å². The Morgan fingerprint density at radius 1 is 1.12 bits per heavy atom. The van der Waals surface area contributed by atoms with E-state index in [2.05, 4.69) is 60.9 Å². The molecule has 0 spiro atoms. The van der Waals surface area contributed by atoms with Gasteiger partial charge in [0.2, 0.25) is 0 Å². The van der Waals surface area contributed by atoms with Gasteiger partial charge in [0.25, 0.3) is 0 Å². The number of benzene rings is 1. The lowest BCUT2D eigenvalue weighted by atomic mass is 10.0. The van der Waals surface area contributed by atoms with E-state index < -0.39 is 0 Å². The van der Waals surface area contributed by atoms with E-state index in [1.807, 2.05) is 24.4 Å². The van der Waals surface area contributed by atoms with Crippen molar-refractivity contribution >= 4 is 11.0 Å². The highest BCUT2D eigenvalue weighted by Crippen LogP contribution is 2.30. The van der Waals surface area contributed by atoms with Gasteiger partial charge in [0.15, 0.2) is 0 Å². The smallest absolute Gasteiger partial charge is 0.137 e. The first kappa shape index (κ1) is 17.5. The van der Waals surface area contributed by atoms with E-state index in [4.69, 9.17) is 4.74 Å². The topological polar surface area (TPSA) is 41.1 Å². The Bertz CT molecular complexity index is 836. The number of aromatic amines is 1. The van der Waals surface area contributed by atoms with Crippen molar-refractivity contribution in [2.45, 2.75) is 39.3 Å². The summed E-state index contributed by atoms with van der Waals surface area (Å²) in [5, 5.41) is 1.22. The first-order valence-corrected chi connectivity index (χ1v) is 8.81. The van der Waals surface area contributed by atoms with Crippen LogP contribution in [0.5, 0.6) is 5.75 Å². The second kappa shape index (κ2) is 7.28. The number of ether oxygens (including phenoxy) is 1. The number of hydrogen-bond acceptors (Lipinski definition) is 3. The van der Waals surface area contributed by atoms with E-state index in [1.165, 1.54) is 22.2 Å². The molecular weight excluding hydrogens is 310 g/mol. The van der Waals surface area contributed by atoms with E-state index >= 15 is 0 Å². The van der Waals surface area contributed by atoms with Crippen molar-refractivity contribution in [3.8, 4) is 5.75 Å². The highest BCUT2D eigenvalue weighted by atomic mass is 16.5. The monoisotopic (exact) mass is 337 g/mol. The number of nitrogens with zero attached hydrogens (tertiary/aromatic N) is 2. The molecule has 0 saturated carbocycles. The predicted molar refractivity (Wildman–Crippen MR) is 103 cm³/mol. The molecule has 0 aliphatic heterocycles. The molecule has 1 atom stereocenters. The van der Waals surface area contributed by atoms with Crippen molar-refractivity contribution in [2.75, 3.05) is 14.2 Å². The summed E-state index contributed by atoms with van der Waals surface area (Å²) in [6.45, 7) is 7.57. The molecule has 2 heterocycles. The highest BCUT2D eigenvalue weighted by molar-refractivity contribution is 5.81. The number of aromatic nitrogens is 2. The number of rotatable bonds is 6. The molecule has 1 N–H and O–H groups in total. The van der Waals surface area contributed by atoms with Crippen LogP contribution in [0.4, 0.5) is 0 Å². The Labute approximate surface area is 149 Å². The van der Waals surface area contributed by atoms with Gasteiger partial charge < -0.3 is 9.72 Å². The molecule has 25 heavy (non-hydrogen) atoms. The van der Waals surface area contributed by atoms with Crippen LogP contribution in [0, 0.1) is 0 Å². The zero-order chi connectivity index (χ0) is 18.0. The van der Waals surface area contributed by atoms with Crippen molar-refractivity contribution in [1.29, 1.82) is 0 Å². The first-order chi connectivity index (χ1) is 12.0. The molecule has 0 saturated heterocycles. The van der Waals surface area contributed by atoms with E-state index in [0.29, 0.717) is 12.0 Å².